The fraction of sp³-hybridized carbons (Fsp3) is 0.214. The van der Waals surface area contributed by atoms with E-state index in [0.717, 1.165) is 16.3 Å². The Hall–Kier alpha value is -2.68. The first-order valence-corrected chi connectivity index (χ1v) is 7.67. The Balaban J connectivity index is 1.81. The molecule has 1 amide bonds. The second-order valence-corrected chi connectivity index (χ2v) is 5.74. The lowest BCUT2D eigenvalue weighted by Crippen LogP contribution is -2.31. The van der Waals surface area contributed by atoms with E-state index in [1.54, 1.807) is 12.1 Å². The first-order valence-electron chi connectivity index (χ1n) is 6.68. The quantitative estimate of drug-likeness (QED) is 0.474. The average molecular weight is 333 g/mol. The number of hydrogen-bond donors (Lipinski definition) is 2. The molecule has 1 heterocycles. The Morgan fingerprint density at radius 3 is 2.39 bits per heavy atom. The van der Waals surface area contributed by atoms with Crippen LogP contribution in [-0.2, 0) is 4.79 Å². The number of amides is 1. The summed E-state index contributed by atoms with van der Waals surface area (Å²) in [4.78, 5) is 30.9. The lowest BCUT2D eigenvalue weighted by molar-refractivity contribution is -0.384. The van der Waals surface area contributed by atoms with E-state index in [1.165, 1.54) is 23.9 Å². The maximum absolute atomic E-state index is 11.8. The fourth-order valence-corrected chi connectivity index (χ4v) is 2.45. The summed E-state index contributed by atoms with van der Waals surface area (Å²) in [5.41, 5.74) is 6.79. The highest BCUT2D eigenvalue weighted by Gasteiger charge is 2.07. The molecule has 0 spiro atoms. The van der Waals surface area contributed by atoms with Crippen LogP contribution < -0.4 is 10.9 Å². The second-order valence-electron chi connectivity index (χ2n) is 4.69. The number of aromatic nitrogens is 2. The van der Waals surface area contributed by atoms with E-state index in [-0.39, 0.29) is 17.3 Å². The van der Waals surface area contributed by atoms with E-state index < -0.39 is 4.92 Å². The first-order chi connectivity index (χ1) is 10.9. The number of nitrogens with one attached hydrogen (secondary N) is 2. The predicted octanol–water partition coefficient (Wildman–Crippen LogP) is 2.24. The van der Waals surface area contributed by atoms with Crippen LogP contribution >= 0.6 is 11.8 Å². The molecule has 0 radical (unpaired) electrons. The van der Waals surface area contributed by atoms with Crippen molar-refractivity contribution in [3.8, 4) is 0 Å². The summed E-state index contributed by atoms with van der Waals surface area (Å²) in [6.07, 6.45) is 0. The van der Waals surface area contributed by atoms with Crippen LogP contribution in [0, 0.1) is 24.0 Å². The third kappa shape index (κ3) is 5.22. The second kappa shape index (κ2) is 7.54. The monoisotopic (exact) mass is 333 g/mol. The number of nitro benzene ring substituents is 1. The van der Waals surface area contributed by atoms with Gasteiger partial charge in [-0.05, 0) is 32.0 Å². The topological polar surface area (TPSA) is 110 Å². The molecule has 0 saturated heterocycles. The van der Waals surface area contributed by atoms with E-state index in [0.29, 0.717) is 5.95 Å². The Morgan fingerprint density at radius 1 is 1.22 bits per heavy atom. The number of rotatable bonds is 6. The Labute approximate surface area is 136 Å². The lowest BCUT2D eigenvalue weighted by atomic mass is 10.3. The van der Waals surface area contributed by atoms with Gasteiger partial charge in [0.1, 0.15) is 0 Å². The number of thioether (sulfide) groups is 1. The summed E-state index contributed by atoms with van der Waals surface area (Å²) in [6.45, 7) is 3.68. The van der Waals surface area contributed by atoms with Gasteiger partial charge in [0.15, 0.2) is 0 Å². The first kappa shape index (κ1) is 16.7. The van der Waals surface area contributed by atoms with Crippen molar-refractivity contribution in [2.75, 3.05) is 11.2 Å². The molecular formula is C14H15N5O3S. The SMILES string of the molecule is Cc1cc(C)nc(NNC(=O)CSc2ccc([N+](=O)[O-])cc2)n1. The number of non-ortho nitro benzene ring substituents is 1. The number of anilines is 1. The van der Waals surface area contributed by atoms with Crippen molar-refractivity contribution in [2.24, 2.45) is 0 Å². The average Bonchev–Trinajstić information content (AvgIpc) is 2.50. The minimum absolute atomic E-state index is 0.0208. The Bertz CT molecular complexity index is 701. The summed E-state index contributed by atoms with van der Waals surface area (Å²) in [7, 11) is 0. The molecule has 0 aliphatic carbocycles. The maximum Gasteiger partial charge on any atom is 0.269 e. The van der Waals surface area contributed by atoms with Gasteiger partial charge in [0, 0.05) is 28.4 Å². The molecule has 2 N–H and O–H groups in total. The lowest BCUT2D eigenvalue weighted by Gasteiger charge is -2.08. The summed E-state index contributed by atoms with van der Waals surface area (Å²) in [5, 5.41) is 10.6. The number of carbonyl (C=O) groups is 1. The summed E-state index contributed by atoms with van der Waals surface area (Å²) < 4.78 is 0. The van der Waals surface area contributed by atoms with E-state index in [9.17, 15) is 14.9 Å². The number of nitro groups is 1. The van der Waals surface area contributed by atoms with Crippen molar-refractivity contribution >= 4 is 29.3 Å². The molecule has 120 valence electrons. The van der Waals surface area contributed by atoms with Crippen molar-refractivity contribution < 1.29 is 9.72 Å². The molecule has 0 bridgehead atoms. The van der Waals surface area contributed by atoms with Crippen LogP contribution in [0.15, 0.2) is 35.2 Å². The number of carbonyl (C=O) groups excluding carboxylic acids is 1. The van der Waals surface area contributed by atoms with Gasteiger partial charge in [0.25, 0.3) is 5.69 Å². The van der Waals surface area contributed by atoms with Crippen molar-refractivity contribution in [1.82, 2.24) is 15.4 Å². The number of hydrazine groups is 1. The summed E-state index contributed by atoms with van der Waals surface area (Å²) in [6, 6.07) is 7.86. The maximum atomic E-state index is 11.8. The van der Waals surface area contributed by atoms with Gasteiger partial charge in [0.05, 0.1) is 10.7 Å². The molecule has 9 heteroatoms. The molecule has 0 saturated carbocycles. The van der Waals surface area contributed by atoms with Crippen LogP contribution in [0.1, 0.15) is 11.4 Å². The van der Waals surface area contributed by atoms with E-state index >= 15 is 0 Å². The summed E-state index contributed by atoms with van der Waals surface area (Å²) >= 11 is 1.27. The summed E-state index contributed by atoms with van der Waals surface area (Å²) in [5.74, 6) is 0.239. The minimum Gasteiger partial charge on any atom is -0.272 e. The van der Waals surface area contributed by atoms with E-state index in [4.69, 9.17) is 0 Å². The minimum atomic E-state index is -0.463. The zero-order valence-electron chi connectivity index (χ0n) is 12.6. The number of hydrogen-bond acceptors (Lipinski definition) is 7. The normalized spacial score (nSPS) is 10.2. The fourth-order valence-electron chi connectivity index (χ4n) is 1.76. The molecule has 2 aromatic rings. The molecule has 1 aromatic carbocycles. The van der Waals surface area contributed by atoms with Gasteiger partial charge in [-0.3, -0.25) is 25.8 Å². The molecule has 0 aliphatic heterocycles. The van der Waals surface area contributed by atoms with Gasteiger partial charge in [-0.25, -0.2) is 9.97 Å². The van der Waals surface area contributed by atoms with Crippen LogP contribution in [0.4, 0.5) is 11.6 Å². The van der Waals surface area contributed by atoms with Gasteiger partial charge in [0.2, 0.25) is 11.9 Å². The van der Waals surface area contributed by atoms with Crippen LogP contribution in [0.5, 0.6) is 0 Å². The Morgan fingerprint density at radius 2 is 1.83 bits per heavy atom. The van der Waals surface area contributed by atoms with Crippen molar-refractivity contribution in [3.05, 3.63) is 51.8 Å². The Kier molecular flexibility index (Phi) is 5.47. The van der Waals surface area contributed by atoms with E-state index in [2.05, 4.69) is 20.8 Å². The highest BCUT2D eigenvalue weighted by atomic mass is 32.2. The molecule has 0 unspecified atom stereocenters. The van der Waals surface area contributed by atoms with Crippen LogP contribution in [0.25, 0.3) is 0 Å². The molecule has 0 fully saturated rings. The highest BCUT2D eigenvalue weighted by Crippen LogP contribution is 2.20. The highest BCUT2D eigenvalue weighted by molar-refractivity contribution is 8.00. The molecule has 2 rings (SSSR count). The molecule has 0 aliphatic rings. The van der Waals surface area contributed by atoms with Crippen LogP contribution in [-0.4, -0.2) is 26.6 Å². The zero-order chi connectivity index (χ0) is 16.8. The molecule has 23 heavy (non-hydrogen) atoms. The number of nitrogens with zero attached hydrogens (tertiary/aromatic N) is 3. The molecular weight excluding hydrogens is 318 g/mol. The van der Waals surface area contributed by atoms with Crippen LogP contribution in [0.3, 0.4) is 0 Å². The third-order valence-corrected chi connectivity index (χ3v) is 3.73. The van der Waals surface area contributed by atoms with Gasteiger partial charge in [-0.1, -0.05) is 0 Å². The standard InChI is InChI=1S/C14H15N5O3S/c1-9-7-10(2)16-14(15-9)18-17-13(20)8-23-12-5-3-11(4-6-12)19(21)22/h3-7H,8H2,1-2H3,(H,17,20)(H,15,16,18). The van der Waals surface area contributed by atoms with Gasteiger partial charge < -0.3 is 0 Å². The smallest absolute Gasteiger partial charge is 0.269 e. The van der Waals surface area contributed by atoms with Gasteiger partial charge in [-0.2, -0.15) is 0 Å². The molecule has 0 atom stereocenters. The van der Waals surface area contributed by atoms with Gasteiger partial charge >= 0.3 is 0 Å². The van der Waals surface area contributed by atoms with Crippen molar-refractivity contribution in [1.29, 1.82) is 0 Å². The number of aryl methyl sites for hydroxylation is 2. The van der Waals surface area contributed by atoms with Crippen molar-refractivity contribution in [3.63, 3.8) is 0 Å². The van der Waals surface area contributed by atoms with Crippen molar-refractivity contribution in [2.45, 2.75) is 18.7 Å². The van der Waals surface area contributed by atoms with Gasteiger partial charge in [-0.15, -0.1) is 11.8 Å². The largest absolute Gasteiger partial charge is 0.272 e. The number of benzene rings is 1. The molecule has 8 nitrogen and oxygen atoms in total. The zero-order valence-corrected chi connectivity index (χ0v) is 13.4. The van der Waals surface area contributed by atoms with Crippen LogP contribution in [0.2, 0.25) is 0 Å². The van der Waals surface area contributed by atoms with E-state index in [1.807, 2.05) is 19.9 Å². The predicted molar refractivity (Wildman–Crippen MR) is 87.1 cm³/mol. The third-order valence-electron chi connectivity index (χ3n) is 2.71. The molecule has 1 aromatic heterocycles.